The first-order chi connectivity index (χ1) is 7.85. The predicted octanol–water partition coefficient (Wildman–Crippen LogP) is 1.70. The molecular weight excluding hydrogens is 202 g/mol. The van der Waals surface area contributed by atoms with E-state index in [2.05, 4.69) is 5.32 Å². The minimum Gasteiger partial charge on any atom is -0.396 e. The molecule has 16 heavy (non-hydrogen) atoms. The highest BCUT2D eigenvalue weighted by atomic mass is 16.5. The zero-order valence-corrected chi connectivity index (χ0v) is 10.2. The Morgan fingerprint density at radius 2 is 1.81 bits per heavy atom. The number of nitrogens with one attached hydrogen (secondary N) is 1. The van der Waals surface area contributed by atoms with Gasteiger partial charge in [-0.3, -0.25) is 0 Å². The molecule has 2 N–H and O–H groups in total. The monoisotopic (exact) mass is 227 g/mol. The van der Waals surface area contributed by atoms with Crippen LogP contribution in [0.15, 0.2) is 0 Å². The zero-order valence-electron chi connectivity index (χ0n) is 10.2. The zero-order chi connectivity index (χ0) is 11.3. The molecule has 1 saturated heterocycles. The first-order valence-electron chi connectivity index (χ1n) is 6.77. The molecule has 0 bridgehead atoms. The Balaban J connectivity index is 1.77. The highest BCUT2D eigenvalue weighted by Crippen LogP contribution is 2.29. The van der Waals surface area contributed by atoms with E-state index in [0.29, 0.717) is 12.6 Å². The van der Waals surface area contributed by atoms with Crippen LogP contribution in [0.1, 0.15) is 44.9 Å². The Morgan fingerprint density at radius 3 is 2.44 bits per heavy atom. The molecule has 0 radical (unpaired) electrons. The number of hydrogen-bond donors (Lipinski definition) is 2. The number of hydrogen-bond acceptors (Lipinski definition) is 3. The number of ether oxygens (including phenoxy) is 1. The minimum atomic E-state index is 0.0930. The van der Waals surface area contributed by atoms with Crippen LogP contribution in [0.25, 0.3) is 0 Å². The summed E-state index contributed by atoms with van der Waals surface area (Å²) in [5.74, 6) is 0. The van der Waals surface area contributed by atoms with E-state index in [-0.39, 0.29) is 5.41 Å². The molecule has 3 heteroatoms. The molecule has 0 aromatic heterocycles. The smallest absolute Gasteiger partial charge is 0.0501 e. The van der Waals surface area contributed by atoms with Gasteiger partial charge in [0.25, 0.3) is 0 Å². The molecule has 94 valence electrons. The van der Waals surface area contributed by atoms with Gasteiger partial charge in [-0.2, -0.15) is 0 Å². The van der Waals surface area contributed by atoms with Crippen LogP contribution in [0.5, 0.6) is 0 Å². The second kappa shape index (κ2) is 5.99. The molecule has 1 aliphatic carbocycles. The summed E-state index contributed by atoms with van der Waals surface area (Å²) >= 11 is 0. The molecule has 2 aliphatic rings. The molecule has 1 saturated carbocycles. The lowest BCUT2D eigenvalue weighted by molar-refractivity contribution is -0.0170. The second-order valence-corrected chi connectivity index (χ2v) is 5.49. The van der Waals surface area contributed by atoms with Gasteiger partial charge in [-0.05, 0) is 25.7 Å². The van der Waals surface area contributed by atoms with E-state index in [1.165, 1.54) is 32.1 Å². The van der Waals surface area contributed by atoms with Gasteiger partial charge in [0, 0.05) is 31.2 Å². The van der Waals surface area contributed by atoms with E-state index in [0.717, 1.165) is 32.6 Å². The maximum Gasteiger partial charge on any atom is 0.0501 e. The van der Waals surface area contributed by atoms with Gasteiger partial charge >= 0.3 is 0 Å². The molecule has 0 atom stereocenters. The molecule has 2 fully saturated rings. The first kappa shape index (κ1) is 12.3. The Bertz CT molecular complexity index is 196. The molecule has 2 rings (SSSR count). The van der Waals surface area contributed by atoms with Crippen LogP contribution in [0.2, 0.25) is 0 Å². The van der Waals surface area contributed by atoms with Gasteiger partial charge in [0.2, 0.25) is 0 Å². The summed E-state index contributed by atoms with van der Waals surface area (Å²) in [6.45, 7) is 2.90. The summed E-state index contributed by atoms with van der Waals surface area (Å²) in [5, 5.41) is 13.2. The van der Waals surface area contributed by atoms with Crippen LogP contribution < -0.4 is 5.32 Å². The fraction of sp³-hybridized carbons (Fsp3) is 1.00. The van der Waals surface area contributed by atoms with Crippen molar-refractivity contribution in [2.45, 2.75) is 51.0 Å². The van der Waals surface area contributed by atoms with Crippen LogP contribution in [-0.2, 0) is 4.74 Å². The second-order valence-electron chi connectivity index (χ2n) is 5.49. The molecule has 0 amide bonds. The van der Waals surface area contributed by atoms with E-state index in [1.807, 2.05) is 0 Å². The van der Waals surface area contributed by atoms with Gasteiger partial charge in [0.15, 0.2) is 0 Å². The van der Waals surface area contributed by atoms with Crippen molar-refractivity contribution in [3.8, 4) is 0 Å². The first-order valence-corrected chi connectivity index (χ1v) is 6.77. The molecule has 0 unspecified atom stereocenters. The third-order valence-electron chi connectivity index (χ3n) is 4.26. The van der Waals surface area contributed by atoms with Crippen molar-refractivity contribution >= 4 is 0 Å². The largest absolute Gasteiger partial charge is 0.396 e. The minimum absolute atomic E-state index is 0.0930. The van der Waals surface area contributed by atoms with Crippen molar-refractivity contribution < 1.29 is 9.84 Å². The fourth-order valence-corrected chi connectivity index (χ4v) is 2.86. The van der Waals surface area contributed by atoms with Gasteiger partial charge in [0.05, 0.1) is 6.61 Å². The van der Waals surface area contributed by atoms with Crippen molar-refractivity contribution in [3.05, 3.63) is 0 Å². The number of rotatable bonds is 4. The van der Waals surface area contributed by atoms with E-state index in [9.17, 15) is 5.11 Å². The average molecular weight is 227 g/mol. The van der Waals surface area contributed by atoms with E-state index in [4.69, 9.17) is 4.74 Å². The van der Waals surface area contributed by atoms with Crippen molar-refractivity contribution in [1.82, 2.24) is 5.32 Å². The predicted molar refractivity (Wildman–Crippen MR) is 64.4 cm³/mol. The third kappa shape index (κ3) is 3.19. The summed E-state index contributed by atoms with van der Waals surface area (Å²) < 4.78 is 5.38. The van der Waals surface area contributed by atoms with Crippen LogP contribution in [0.3, 0.4) is 0 Å². The van der Waals surface area contributed by atoms with Crippen molar-refractivity contribution in [3.63, 3.8) is 0 Å². The summed E-state index contributed by atoms with van der Waals surface area (Å²) in [6, 6.07) is 0.694. The highest BCUT2D eigenvalue weighted by Gasteiger charge is 2.32. The molecule has 0 spiro atoms. The lowest BCUT2D eigenvalue weighted by Gasteiger charge is -2.37. The third-order valence-corrected chi connectivity index (χ3v) is 4.26. The lowest BCUT2D eigenvalue weighted by Crippen LogP contribution is -2.45. The van der Waals surface area contributed by atoms with Gasteiger partial charge in [-0.25, -0.2) is 0 Å². The van der Waals surface area contributed by atoms with Crippen molar-refractivity contribution in [2.75, 3.05) is 26.4 Å². The van der Waals surface area contributed by atoms with E-state index in [1.54, 1.807) is 0 Å². The van der Waals surface area contributed by atoms with E-state index >= 15 is 0 Å². The van der Waals surface area contributed by atoms with Crippen LogP contribution >= 0.6 is 0 Å². The Morgan fingerprint density at radius 1 is 1.12 bits per heavy atom. The quantitative estimate of drug-likeness (QED) is 0.768. The SMILES string of the molecule is OCC1(CNC2CCCCC2)CCOCC1. The Kier molecular flexibility index (Phi) is 4.62. The van der Waals surface area contributed by atoms with Gasteiger partial charge < -0.3 is 15.2 Å². The summed E-state index contributed by atoms with van der Waals surface area (Å²) in [6.07, 6.45) is 8.78. The summed E-state index contributed by atoms with van der Waals surface area (Å²) in [7, 11) is 0. The molecular formula is C13H25NO2. The maximum absolute atomic E-state index is 9.58. The van der Waals surface area contributed by atoms with Crippen molar-refractivity contribution in [2.24, 2.45) is 5.41 Å². The molecule has 1 heterocycles. The van der Waals surface area contributed by atoms with Crippen LogP contribution in [0, 0.1) is 5.41 Å². The molecule has 0 aromatic carbocycles. The molecule has 0 aromatic rings. The topological polar surface area (TPSA) is 41.5 Å². The van der Waals surface area contributed by atoms with Crippen LogP contribution in [0.4, 0.5) is 0 Å². The summed E-state index contributed by atoms with van der Waals surface area (Å²) in [5.41, 5.74) is 0.0930. The molecule has 3 nitrogen and oxygen atoms in total. The average Bonchev–Trinajstić information content (AvgIpc) is 2.39. The highest BCUT2D eigenvalue weighted by molar-refractivity contribution is 4.85. The maximum atomic E-state index is 9.58. The van der Waals surface area contributed by atoms with Gasteiger partial charge in [-0.15, -0.1) is 0 Å². The van der Waals surface area contributed by atoms with Crippen molar-refractivity contribution in [1.29, 1.82) is 0 Å². The van der Waals surface area contributed by atoms with Gasteiger partial charge in [-0.1, -0.05) is 19.3 Å². The van der Waals surface area contributed by atoms with Crippen LogP contribution in [-0.4, -0.2) is 37.5 Å². The Labute approximate surface area is 98.6 Å². The fourth-order valence-electron chi connectivity index (χ4n) is 2.86. The van der Waals surface area contributed by atoms with E-state index < -0.39 is 0 Å². The number of aliphatic hydroxyl groups is 1. The normalized spacial score (nSPS) is 26.8. The van der Waals surface area contributed by atoms with Gasteiger partial charge in [0.1, 0.15) is 0 Å². The lowest BCUT2D eigenvalue weighted by atomic mass is 9.80. The molecule has 1 aliphatic heterocycles. The summed E-state index contributed by atoms with van der Waals surface area (Å²) in [4.78, 5) is 0. The number of aliphatic hydroxyl groups excluding tert-OH is 1. The standard InChI is InChI=1S/C13H25NO2/c15-11-13(6-8-16-9-7-13)10-14-12-4-2-1-3-5-12/h12,14-15H,1-11H2. The Hall–Kier alpha value is -0.120.